The average Bonchev–Trinajstić information content (AvgIpc) is 2.85. The van der Waals surface area contributed by atoms with Gasteiger partial charge in [-0.2, -0.15) is 0 Å². The zero-order valence-corrected chi connectivity index (χ0v) is 12.7. The predicted octanol–water partition coefficient (Wildman–Crippen LogP) is 1.82. The highest BCUT2D eigenvalue weighted by atomic mass is 16.1. The molecule has 1 unspecified atom stereocenters. The van der Waals surface area contributed by atoms with Gasteiger partial charge < -0.3 is 15.5 Å². The molecule has 0 aliphatic carbocycles. The van der Waals surface area contributed by atoms with Crippen molar-refractivity contribution in [3.8, 4) is 0 Å². The van der Waals surface area contributed by atoms with E-state index in [1.54, 1.807) is 6.92 Å². The molecular formula is C16H25N3O. The molecule has 0 radical (unpaired) electrons. The Morgan fingerprint density at radius 2 is 2.25 bits per heavy atom. The molecule has 0 spiro atoms. The molecule has 0 saturated carbocycles. The molecule has 4 heteroatoms. The van der Waals surface area contributed by atoms with Crippen LogP contribution >= 0.6 is 0 Å². The molecule has 1 aromatic rings. The molecule has 1 aliphatic heterocycles. The fourth-order valence-corrected chi connectivity index (χ4v) is 2.73. The lowest BCUT2D eigenvalue weighted by atomic mass is 10.1. The van der Waals surface area contributed by atoms with Gasteiger partial charge in [-0.05, 0) is 43.1 Å². The first-order valence-corrected chi connectivity index (χ1v) is 7.42. The van der Waals surface area contributed by atoms with Gasteiger partial charge in [0.05, 0.1) is 0 Å². The van der Waals surface area contributed by atoms with E-state index in [1.807, 2.05) is 0 Å². The van der Waals surface area contributed by atoms with E-state index < -0.39 is 0 Å². The summed E-state index contributed by atoms with van der Waals surface area (Å²) in [7, 11) is 0. The van der Waals surface area contributed by atoms with E-state index in [9.17, 15) is 4.79 Å². The average molecular weight is 275 g/mol. The van der Waals surface area contributed by atoms with Crippen molar-refractivity contribution in [2.75, 3.05) is 24.5 Å². The van der Waals surface area contributed by atoms with Crippen LogP contribution in [0.4, 0.5) is 5.69 Å². The van der Waals surface area contributed by atoms with Crippen LogP contribution in [0.1, 0.15) is 31.4 Å². The van der Waals surface area contributed by atoms with Gasteiger partial charge in [-0.1, -0.05) is 13.0 Å². The second-order valence-electron chi connectivity index (χ2n) is 5.52. The number of benzene rings is 1. The lowest BCUT2D eigenvalue weighted by Gasteiger charge is -2.20. The molecule has 4 nitrogen and oxygen atoms in total. The molecule has 1 saturated heterocycles. The van der Waals surface area contributed by atoms with Crippen molar-refractivity contribution in [3.63, 3.8) is 0 Å². The number of anilines is 1. The van der Waals surface area contributed by atoms with Crippen molar-refractivity contribution in [1.29, 1.82) is 0 Å². The van der Waals surface area contributed by atoms with Crippen LogP contribution in [0.2, 0.25) is 0 Å². The molecule has 2 N–H and O–H groups in total. The maximum atomic E-state index is 11.1. The van der Waals surface area contributed by atoms with E-state index in [0.717, 1.165) is 32.6 Å². The number of nitrogens with one attached hydrogen (secondary N) is 2. The minimum atomic E-state index is 0.0639. The van der Waals surface area contributed by atoms with Gasteiger partial charge >= 0.3 is 0 Å². The van der Waals surface area contributed by atoms with Gasteiger partial charge in [0.15, 0.2) is 0 Å². The van der Waals surface area contributed by atoms with Gasteiger partial charge in [0.1, 0.15) is 0 Å². The Morgan fingerprint density at radius 3 is 2.90 bits per heavy atom. The van der Waals surface area contributed by atoms with Crippen LogP contribution in [0.3, 0.4) is 0 Å². The van der Waals surface area contributed by atoms with E-state index in [0.29, 0.717) is 0 Å². The van der Waals surface area contributed by atoms with Crippen molar-refractivity contribution in [2.24, 2.45) is 0 Å². The van der Waals surface area contributed by atoms with Gasteiger partial charge in [-0.15, -0.1) is 0 Å². The first kappa shape index (κ1) is 14.9. The third kappa shape index (κ3) is 3.73. The molecule has 1 fully saturated rings. The smallest absolute Gasteiger partial charge is 0.217 e. The van der Waals surface area contributed by atoms with Crippen LogP contribution in [0.5, 0.6) is 0 Å². The van der Waals surface area contributed by atoms with Crippen LogP contribution in [0.25, 0.3) is 0 Å². The Hall–Kier alpha value is -1.55. The summed E-state index contributed by atoms with van der Waals surface area (Å²) in [6.07, 6.45) is 1.03. The molecule has 1 aliphatic rings. The highest BCUT2D eigenvalue weighted by molar-refractivity contribution is 5.73. The van der Waals surface area contributed by atoms with Gasteiger partial charge in [0.25, 0.3) is 0 Å². The molecule has 110 valence electrons. The number of hydrogen-bond acceptors (Lipinski definition) is 3. The molecule has 1 aromatic carbocycles. The fraction of sp³-hybridized carbons (Fsp3) is 0.562. The van der Waals surface area contributed by atoms with Gasteiger partial charge in [-0.25, -0.2) is 0 Å². The standard InChI is InChI=1S/C16H25N3O/c1-4-17-10-14-5-6-16(9-12(14)2)19-8-7-15(11-19)18-13(3)20/h5-6,9,15,17H,4,7-8,10-11H2,1-3H3,(H,18,20). The van der Waals surface area contributed by atoms with E-state index in [4.69, 9.17) is 0 Å². The Morgan fingerprint density at radius 1 is 1.45 bits per heavy atom. The Balaban J connectivity index is 2.00. The zero-order valence-electron chi connectivity index (χ0n) is 12.7. The van der Waals surface area contributed by atoms with Gasteiger partial charge in [0, 0.05) is 38.3 Å². The summed E-state index contributed by atoms with van der Waals surface area (Å²) in [5, 5.41) is 6.37. The van der Waals surface area contributed by atoms with Crippen LogP contribution in [0.15, 0.2) is 18.2 Å². The summed E-state index contributed by atoms with van der Waals surface area (Å²) in [5.74, 6) is 0.0639. The van der Waals surface area contributed by atoms with Crippen molar-refractivity contribution >= 4 is 11.6 Å². The summed E-state index contributed by atoms with van der Waals surface area (Å²) in [6.45, 7) is 9.71. The number of carbonyl (C=O) groups is 1. The SMILES string of the molecule is CCNCc1ccc(N2CCC(NC(C)=O)C2)cc1C. The second-order valence-corrected chi connectivity index (χ2v) is 5.52. The molecule has 1 amide bonds. The fourth-order valence-electron chi connectivity index (χ4n) is 2.73. The summed E-state index contributed by atoms with van der Waals surface area (Å²) in [4.78, 5) is 13.5. The van der Waals surface area contributed by atoms with E-state index in [1.165, 1.54) is 16.8 Å². The first-order valence-electron chi connectivity index (χ1n) is 7.42. The number of hydrogen-bond donors (Lipinski definition) is 2. The maximum Gasteiger partial charge on any atom is 0.217 e. The lowest BCUT2D eigenvalue weighted by molar-refractivity contribution is -0.119. The lowest BCUT2D eigenvalue weighted by Crippen LogP contribution is -2.35. The molecule has 0 aromatic heterocycles. The van der Waals surface area contributed by atoms with Crippen molar-refractivity contribution < 1.29 is 4.79 Å². The Kier molecular flexibility index (Phi) is 5.01. The van der Waals surface area contributed by atoms with E-state index in [2.05, 4.69) is 47.6 Å². The summed E-state index contributed by atoms with van der Waals surface area (Å²) in [5.41, 5.74) is 3.94. The number of rotatable bonds is 5. The monoisotopic (exact) mass is 275 g/mol. The molecule has 1 atom stereocenters. The third-order valence-electron chi connectivity index (χ3n) is 3.85. The van der Waals surface area contributed by atoms with Crippen molar-refractivity contribution in [1.82, 2.24) is 10.6 Å². The molecule has 2 rings (SSSR count). The Labute approximate surface area is 121 Å². The molecule has 1 heterocycles. The van der Waals surface area contributed by atoms with Crippen molar-refractivity contribution in [3.05, 3.63) is 29.3 Å². The summed E-state index contributed by atoms with van der Waals surface area (Å²) in [6, 6.07) is 6.94. The molecule has 20 heavy (non-hydrogen) atoms. The highest BCUT2D eigenvalue weighted by Gasteiger charge is 2.23. The van der Waals surface area contributed by atoms with Crippen LogP contribution in [0, 0.1) is 6.92 Å². The van der Waals surface area contributed by atoms with E-state index >= 15 is 0 Å². The topological polar surface area (TPSA) is 44.4 Å². The quantitative estimate of drug-likeness (QED) is 0.861. The van der Waals surface area contributed by atoms with Crippen LogP contribution in [-0.2, 0) is 11.3 Å². The minimum absolute atomic E-state index is 0.0639. The normalized spacial score (nSPS) is 18.4. The predicted molar refractivity (Wildman–Crippen MR) is 83.0 cm³/mol. The summed E-state index contributed by atoms with van der Waals surface area (Å²) < 4.78 is 0. The number of nitrogens with zero attached hydrogens (tertiary/aromatic N) is 1. The van der Waals surface area contributed by atoms with Crippen LogP contribution < -0.4 is 15.5 Å². The number of carbonyl (C=O) groups excluding carboxylic acids is 1. The summed E-state index contributed by atoms with van der Waals surface area (Å²) >= 11 is 0. The first-order chi connectivity index (χ1) is 9.60. The largest absolute Gasteiger partial charge is 0.369 e. The van der Waals surface area contributed by atoms with Crippen molar-refractivity contribution in [2.45, 2.75) is 39.8 Å². The molecule has 0 bridgehead atoms. The zero-order chi connectivity index (χ0) is 14.5. The van der Waals surface area contributed by atoms with Gasteiger partial charge in [-0.3, -0.25) is 4.79 Å². The maximum absolute atomic E-state index is 11.1. The minimum Gasteiger partial charge on any atom is -0.369 e. The second kappa shape index (κ2) is 6.75. The number of aryl methyl sites for hydroxylation is 1. The van der Waals surface area contributed by atoms with Crippen LogP contribution in [-0.4, -0.2) is 31.6 Å². The molecular weight excluding hydrogens is 250 g/mol. The Bertz CT molecular complexity index is 473. The van der Waals surface area contributed by atoms with E-state index in [-0.39, 0.29) is 11.9 Å². The van der Waals surface area contributed by atoms with Gasteiger partial charge in [0.2, 0.25) is 5.91 Å². The highest BCUT2D eigenvalue weighted by Crippen LogP contribution is 2.23. The number of amides is 1. The third-order valence-corrected chi connectivity index (χ3v) is 3.85.